The van der Waals surface area contributed by atoms with Gasteiger partial charge in [0.05, 0.1) is 11.6 Å². The summed E-state index contributed by atoms with van der Waals surface area (Å²) in [6.45, 7) is 4.96. The molecule has 0 aliphatic heterocycles. The standard InChI is InChI=1S/C13H15ClFO/c1-2-3-8-16-9-4-5-11-6-7-12(14)13(15)10-11/h4-7,10H,1-3,8-9H2. The van der Waals surface area contributed by atoms with Crippen molar-refractivity contribution in [3.63, 3.8) is 0 Å². The minimum Gasteiger partial charge on any atom is -0.377 e. The highest BCUT2D eigenvalue weighted by Crippen LogP contribution is 2.16. The lowest BCUT2D eigenvalue weighted by molar-refractivity contribution is 0.160. The van der Waals surface area contributed by atoms with Crippen molar-refractivity contribution in [1.29, 1.82) is 0 Å². The molecule has 0 aromatic heterocycles. The van der Waals surface area contributed by atoms with Crippen LogP contribution in [-0.4, -0.2) is 13.2 Å². The summed E-state index contributed by atoms with van der Waals surface area (Å²) in [7, 11) is 0. The highest BCUT2D eigenvalue weighted by atomic mass is 35.5. The van der Waals surface area contributed by atoms with Crippen molar-refractivity contribution >= 4 is 17.7 Å². The van der Waals surface area contributed by atoms with Gasteiger partial charge in [-0.1, -0.05) is 43.2 Å². The molecule has 0 saturated heterocycles. The Bertz CT molecular complexity index is 350. The summed E-state index contributed by atoms with van der Waals surface area (Å²) in [4.78, 5) is 0. The first kappa shape index (κ1) is 13.2. The van der Waals surface area contributed by atoms with E-state index in [2.05, 4.69) is 6.92 Å². The van der Waals surface area contributed by atoms with Gasteiger partial charge in [-0.25, -0.2) is 4.39 Å². The third-order valence-corrected chi connectivity index (χ3v) is 2.31. The smallest absolute Gasteiger partial charge is 0.142 e. The number of unbranched alkanes of at least 4 members (excludes halogenated alkanes) is 1. The van der Waals surface area contributed by atoms with Gasteiger partial charge < -0.3 is 4.74 Å². The molecule has 0 spiro atoms. The second-order valence-corrected chi connectivity index (χ2v) is 3.77. The average Bonchev–Trinajstić information content (AvgIpc) is 2.28. The summed E-state index contributed by atoms with van der Waals surface area (Å²) >= 11 is 5.57. The van der Waals surface area contributed by atoms with E-state index in [9.17, 15) is 4.39 Å². The molecular formula is C13H15ClFO. The van der Waals surface area contributed by atoms with E-state index in [4.69, 9.17) is 16.3 Å². The van der Waals surface area contributed by atoms with Crippen LogP contribution in [0.5, 0.6) is 0 Å². The van der Waals surface area contributed by atoms with Crippen LogP contribution in [0.1, 0.15) is 18.4 Å². The number of benzene rings is 1. The van der Waals surface area contributed by atoms with Crippen LogP contribution in [0.4, 0.5) is 4.39 Å². The summed E-state index contributed by atoms with van der Waals surface area (Å²) in [6, 6.07) is 4.70. The fourth-order valence-corrected chi connectivity index (χ4v) is 1.27. The summed E-state index contributed by atoms with van der Waals surface area (Å²) < 4.78 is 18.4. The van der Waals surface area contributed by atoms with Crippen molar-refractivity contribution in [2.24, 2.45) is 0 Å². The van der Waals surface area contributed by atoms with E-state index in [-0.39, 0.29) is 5.02 Å². The van der Waals surface area contributed by atoms with Gasteiger partial charge in [-0.15, -0.1) is 0 Å². The molecule has 1 nitrogen and oxygen atoms in total. The number of ether oxygens (including phenoxy) is 1. The lowest BCUT2D eigenvalue weighted by Gasteiger charge is -1.99. The maximum absolute atomic E-state index is 13.1. The van der Waals surface area contributed by atoms with Gasteiger partial charge in [0.1, 0.15) is 5.82 Å². The third kappa shape index (κ3) is 4.77. The minimum absolute atomic E-state index is 0.142. The van der Waals surface area contributed by atoms with Crippen molar-refractivity contribution in [1.82, 2.24) is 0 Å². The fourth-order valence-electron chi connectivity index (χ4n) is 1.16. The fraction of sp³-hybridized carbons (Fsp3) is 0.308. The monoisotopic (exact) mass is 241 g/mol. The molecule has 16 heavy (non-hydrogen) atoms. The van der Waals surface area contributed by atoms with Crippen LogP contribution in [0.3, 0.4) is 0 Å². The maximum atomic E-state index is 13.1. The first-order valence-electron chi connectivity index (χ1n) is 5.22. The predicted octanol–water partition coefficient (Wildman–Crippen LogP) is 4.12. The molecular weight excluding hydrogens is 227 g/mol. The third-order valence-electron chi connectivity index (χ3n) is 2.01. The van der Waals surface area contributed by atoms with E-state index in [0.717, 1.165) is 18.4 Å². The molecule has 0 fully saturated rings. The summed E-state index contributed by atoms with van der Waals surface area (Å²) in [6.07, 6.45) is 5.50. The second-order valence-electron chi connectivity index (χ2n) is 3.36. The zero-order valence-electron chi connectivity index (χ0n) is 9.09. The van der Waals surface area contributed by atoms with Gasteiger partial charge in [-0.3, -0.25) is 0 Å². The molecule has 0 amide bonds. The van der Waals surface area contributed by atoms with Crippen molar-refractivity contribution in [2.45, 2.75) is 12.8 Å². The van der Waals surface area contributed by atoms with Gasteiger partial charge in [0.25, 0.3) is 0 Å². The van der Waals surface area contributed by atoms with E-state index < -0.39 is 5.82 Å². The van der Waals surface area contributed by atoms with Gasteiger partial charge in [0.15, 0.2) is 0 Å². The van der Waals surface area contributed by atoms with Crippen molar-refractivity contribution in [3.05, 3.63) is 47.6 Å². The first-order valence-corrected chi connectivity index (χ1v) is 5.60. The Morgan fingerprint density at radius 1 is 1.44 bits per heavy atom. The quantitative estimate of drug-likeness (QED) is 0.681. The molecule has 3 heteroatoms. The Balaban J connectivity index is 2.35. The number of hydrogen-bond acceptors (Lipinski definition) is 1. The van der Waals surface area contributed by atoms with E-state index >= 15 is 0 Å². The van der Waals surface area contributed by atoms with Gasteiger partial charge in [0.2, 0.25) is 0 Å². The number of rotatable bonds is 6. The molecule has 1 aromatic rings. The van der Waals surface area contributed by atoms with Crippen LogP contribution in [0, 0.1) is 12.7 Å². The molecule has 0 N–H and O–H groups in total. The molecule has 0 bridgehead atoms. The lowest BCUT2D eigenvalue weighted by atomic mass is 10.2. The molecule has 0 unspecified atom stereocenters. The molecule has 0 heterocycles. The predicted molar refractivity (Wildman–Crippen MR) is 65.9 cm³/mol. The maximum Gasteiger partial charge on any atom is 0.142 e. The molecule has 0 saturated carbocycles. The molecule has 0 atom stereocenters. The van der Waals surface area contributed by atoms with Crippen LogP contribution in [0.25, 0.3) is 6.08 Å². The Kier molecular flexibility index (Phi) is 6.12. The van der Waals surface area contributed by atoms with E-state index in [1.165, 1.54) is 6.07 Å². The molecule has 87 valence electrons. The molecule has 0 aliphatic carbocycles. The molecule has 0 aliphatic rings. The normalized spacial score (nSPS) is 11.2. The van der Waals surface area contributed by atoms with Crippen LogP contribution in [0.2, 0.25) is 5.02 Å². The van der Waals surface area contributed by atoms with E-state index in [1.807, 2.05) is 12.2 Å². The first-order chi connectivity index (χ1) is 7.74. The molecule has 1 radical (unpaired) electrons. The highest BCUT2D eigenvalue weighted by Gasteiger charge is 1.97. The SMILES string of the molecule is [CH2]CCCOCC=Cc1ccc(Cl)c(F)c1. The zero-order valence-corrected chi connectivity index (χ0v) is 9.84. The van der Waals surface area contributed by atoms with Crippen LogP contribution in [-0.2, 0) is 4.74 Å². The van der Waals surface area contributed by atoms with Crippen LogP contribution >= 0.6 is 11.6 Å². The lowest BCUT2D eigenvalue weighted by Crippen LogP contribution is -1.93. The Morgan fingerprint density at radius 3 is 2.94 bits per heavy atom. The van der Waals surface area contributed by atoms with Crippen LogP contribution < -0.4 is 0 Å². The Labute approximate surface area is 101 Å². The van der Waals surface area contributed by atoms with Crippen LogP contribution in [0.15, 0.2) is 24.3 Å². The van der Waals surface area contributed by atoms with Crippen molar-refractivity contribution < 1.29 is 9.13 Å². The minimum atomic E-state index is -0.401. The van der Waals surface area contributed by atoms with Crippen molar-refractivity contribution in [2.75, 3.05) is 13.2 Å². The summed E-state index contributed by atoms with van der Waals surface area (Å²) in [5.41, 5.74) is 0.780. The molecule has 1 aromatic carbocycles. The Hall–Kier alpha value is -0.860. The largest absolute Gasteiger partial charge is 0.377 e. The second kappa shape index (κ2) is 7.42. The van der Waals surface area contributed by atoms with E-state index in [1.54, 1.807) is 12.1 Å². The van der Waals surface area contributed by atoms with Gasteiger partial charge >= 0.3 is 0 Å². The average molecular weight is 242 g/mol. The molecule has 1 rings (SSSR count). The van der Waals surface area contributed by atoms with Crippen molar-refractivity contribution in [3.8, 4) is 0 Å². The summed E-state index contributed by atoms with van der Waals surface area (Å²) in [5.74, 6) is -0.401. The highest BCUT2D eigenvalue weighted by molar-refractivity contribution is 6.30. The van der Waals surface area contributed by atoms with Gasteiger partial charge in [-0.2, -0.15) is 0 Å². The zero-order chi connectivity index (χ0) is 11.8. The number of hydrogen-bond donors (Lipinski definition) is 0. The van der Waals surface area contributed by atoms with Gasteiger partial charge in [-0.05, 0) is 24.1 Å². The van der Waals surface area contributed by atoms with E-state index in [0.29, 0.717) is 13.2 Å². The summed E-state index contributed by atoms with van der Waals surface area (Å²) in [5, 5.41) is 0.142. The topological polar surface area (TPSA) is 9.23 Å². The Morgan fingerprint density at radius 2 is 2.25 bits per heavy atom. The van der Waals surface area contributed by atoms with Gasteiger partial charge in [0, 0.05) is 6.61 Å². The number of halogens is 2.